The Kier molecular flexibility index (Phi) is 24.2. The van der Waals surface area contributed by atoms with Crippen molar-refractivity contribution in [2.75, 3.05) is 43.5 Å². The summed E-state index contributed by atoms with van der Waals surface area (Å²) in [5.41, 5.74) is 11.3. The van der Waals surface area contributed by atoms with Gasteiger partial charge in [0.05, 0.1) is 30.6 Å². The van der Waals surface area contributed by atoms with Gasteiger partial charge in [0.15, 0.2) is 5.78 Å². The van der Waals surface area contributed by atoms with Crippen molar-refractivity contribution in [3.63, 3.8) is 0 Å². The fourth-order valence-corrected chi connectivity index (χ4v) is 9.35. The van der Waals surface area contributed by atoms with Crippen LogP contribution >= 0.6 is 54.8 Å². The summed E-state index contributed by atoms with van der Waals surface area (Å²) in [7, 11) is 0. The number of aromatic nitrogens is 7. The van der Waals surface area contributed by atoms with Gasteiger partial charge in [-0.25, -0.2) is 29.5 Å². The summed E-state index contributed by atoms with van der Waals surface area (Å²) in [4.78, 5) is 57.8. The zero-order valence-corrected chi connectivity index (χ0v) is 50.7. The number of carboxylic acids is 1. The lowest BCUT2D eigenvalue weighted by atomic mass is 10.1. The molecule has 18 nitrogen and oxygen atoms in total. The zero-order valence-electron chi connectivity index (χ0n) is 46.0. The van der Waals surface area contributed by atoms with E-state index in [1.165, 1.54) is 33.6 Å². The van der Waals surface area contributed by atoms with Crippen LogP contribution in [0, 0.1) is 6.92 Å². The largest absolute Gasteiger partial charge is 0.477 e. The third-order valence-electron chi connectivity index (χ3n) is 11.2. The van der Waals surface area contributed by atoms with E-state index in [-0.39, 0.29) is 11.1 Å². The molecule has 0 bridgehead atoms. The zero-order chi connectivity index (χ0) is 58.5. The quantitative estimate of drug-likeness (QED) is 0.0423. The van der Waals surface area contributed by atoms with Gasteiger partial charge in [0.2, 0.25) is 5.28 Å². The number of carbonyl (C=O) groups excluding carboxylic acids is 2. The standard InChI is InChI=1S/C16H16ClN5O2.C15H14N4.C10H8BrNO.C9H5BrO2S.C5H13N.C4H9NO/c1-16(2,3)24-15(23)22-12-5-4-11(8-10(12)9-19-22)20-13-6-7-18-14(17)21-13;1-11-17-9-7-15(18-11)19-14-4-2-12(3-5-14)13-6-8-16-10-13;1-6(13)9-4-7-2-3-8(11)5-10(7)12-9;10-6-2-1-5-3-8(9(11)12)13-7(5)4-6;1-3-5-6-4-2;5-4-1-2-6-3-4/h4-9H,1-3H3,(H,18,20,21);2-7,9-10H,8H2,1H3,(H,17,18,19);2-5,12H,1H3;1-4H,(H,11,12);6H,3-5H2,1-2H3;4H,1-3,5H2. The molecule has 0 saturated carbocycles. The van der Waals surface area contributed by atoms with Crippen LogP contribution in [0.25, 0.3) is 37.5 Å². The van der Waals surface area contributed by atoms with Crippen LogP contribution in [0.4, 0.5) is 27.8 Å². The van der Waals surface area contributed by atoms with Crippen molar-refractivity contribution in [2.24, 2.45) is 10.7 Å². The highest BCUT2D eigenvalue weighted by Gasteiger charge is 2.20. The molecule has 0 amide bonds. The molecular weight excluding hydrogens is 1200 g/mol. The van der Waals surface area contributed by atoms with Crippen LogP contribution in [-0.2, 0) is 9.47 Å². The number of aliphatic imine (C=N–C) groups is 1. The van der Waals surface area contributed by atoms with E-state index in [0.717, 1.165) is 97.6 Å². The van der Waals surface area contributed by atoms with Gasteiger partial charge >= 0.3 is 12.1 Å². The first kappa shape index (κ1) is 62.9. The maximum absolute atomic E-state index is 12.2. The van der Waals surface area contributed by atoms with Crippen LogP contribution in [-0.4, -0.2) is 108 Å². The molecule has 7 heterocycles. The molecule has 5 aromatic heterocycles. The van der Waals surface area contributed by atoms with Crippen molar-refractivity contribution in [1.29, 1.82) is 0 Å². The number of aromatic carboxylic acids is 1. The van der Waals surface area contributed by atoms with E-state index in [2.05, 4.69) is 115 Å². The van der Waals surface area contributed by atoms with Gasteiger partial charge in [-0.3, -0.25) is 9.79 Å². The second-order valence-electron chi connectivity index (χ2n) is 19.0. The SMILES string of the molecule is CC(=O)c1cc2ccc(Br)cc2[nH]1.CC(C)(C)OC(=O)n1ncc2cc(Nc3ccnc(Cl)n3)ccc21.CCCNCC.Cc1nccc(Nc2ccc(C3=CCN=C3)cc2)n1.NC1CCOC1.O=C(O)c1cc2ccc(Br)cc2s1. The number of ketones is 1. The number of nitrogens with two attached hydrogens (primary N) is 1. The predicted molar refractivity (Wildman–Crippen MR) is 334 cm³/mol. The van der Waals surface area contributed by atoms with E-state index < -0.39 is 17.7 Å². The number of aromatic amines is 1. The molecule has 9 aromatic rings. The summed E-state index contributed by atoms with van der Waals surface area (Å²) in [6, 6.07) is 32.8. The van der Waals surface area contributed by atoms with Crippen LogP contribution < -0.4 is 21.7 Å². The highest BCUT2D eigenvalue weighted by molar-refractivity contribution is 9.10. The number of nitrogens with one attached hydrogen (secondary N) is 4. The Bertz CT molecular complexity index is 3500. The summed E-state index contributed by atoms with van der Waals surface area (Å²) in [5.74, 6) is 1.34. The minimum Gasteiger partial charge on any atom is -0.477 e. The van der Waals surface area contributed by atoms with Crippen LogP contribution in [0.5, 0.6) is 0 Å². The number of allylic oxidation sites excluding steroid dienone is 1. The number of hydrogen-bond donors (Lipinski definition) is 6. The predicted octanol–water partition coefficient (Wildman–Crippen LogP) is 14.2. The molecule has 1 atom stereocenters. The van der Waals surface area contributed by atoms with Gasteiger partial charge in [0.1, 0.15) is 27.9 Å². The molecule has 424 valence electrons. The van der Waals surface area contributed by atoms with E-state index in [1.807, 2.05) is 107 Å². The number of halogens is 3. The van der Waals surface area contributed by atoms with Crippen LogP contribution in [0.2, 0.25) is 5.28 Å². The van der Waals surface area contributed by atoms with Gasteiger partial charge < -0.3 is 41.2 Å². The van der Waals surface area contributed by atoms with E-state index >= 15 is 0 Å². The monoisotopic (exact) mass is 1260 g/mol. The van der Waals surface area contributed by atoms with Gasteiger partial charge in [-0.15, -0.1) is 11.3 Å². The Hall–Kier alpha value is -7.24. The molecule has 7 N–H and O–H groups in total. The summed E-state index contributed by atoms with van der Waals surface area (Å²) >= 11 is 13.8. The summed E-state index contributed by atoms with van der Waals surface area (Å²) < 4.78 is 14.5. The Balaban J connectivity index is 0.000000166. The Morgan fingerprint density at radius 3 is 2.16 bits per heavy atom. The number of nitrogens with zero attached hydrogens (tertiary/aromatic N) is 7. The second-order valence-corrected chi connectivity index (χ2v) is 22.3. The number of carboxylic acid groups (broad SMARTS) is 1. The number of fused-ring (bicyclic) bond motifs is 3. The van der Waals surface area contributed by atoms with Crippen molar-refractivity contribution < 1.29 is 29.0 Å². The average molecular weight is 1270 g/mol. The molecule has 0 radical (unpaired) electrons. The Morgan fingerprint density at radius 1 is 0.877 bits per heavy atom. The van der Waals surface area contributed by atoms with E-state index in [4.69, 9.17) is 31.9 Å². The number of aryl methyl sites for hydroxylation is 1. The minimum atomic E-state index is -0.864. The normalized spacial score (nSPS) is 13.2. The third-order valence-corrected chi connectivity index (χ3v) is 13.5. The number of thiophene rings is 1. The molecule has 11 rings (SSSR count). The summed E-state index contributed by atoms with van der Waals surface area (Å²) in [6.07, 6.45) is 10.7. The molecule has 0 spiro atoms. The van der Waals surface area contributed by atoms with Gasteiger partial charge in [-0.1, -0.05) is 76.0 Å². The van der Waals surface area contributed by atoms with Gasteiger partial charge in [-0.2, -0.15) is 9.78 Å². The molecule has 2 aliphatic heterocycles. The first-order valence-corrected chi connectivity index (χ1v) is 28.6. The number of H-pyrrole nitrogens is 1. The number of hydrogen-bond acceptors (Lipinski definition) is 16. The van der Waals surface area contributed by atoms with E-state index in [1.54, 1.807) is 43.7 Å². The number of carbonyl (C=O) groups is 3. The molecule has 81 heavy (non-hydrogen) atoms. The fourth-order valence-electron chi connectivity index (χ4n) is 7.39. The van der Waals surface area contributed by atoms with Crippen LogP contribution in [0.3, 0.4) is 0 Å². The topological polar surface area (TPSA) is 250 Å². The van der Waals surface area contributed by atoms with Crippen molar-refractivity contribution in [3.05, 3.63) is 164 Å². The van der Waals surface area contributed by atoms with Crippen molar-refractivity contribution >= 4 is 139 Å². The number of Topliss-reactive ketones (excluding diaryl/α,β-unsaturated/α-hetero) is 1. The average Bonchev–Trinajstić information content (AvgIpc) is 4.33. The van der Waals surface area contributed by atoms with Crippen LogP contribution in [0.1, 0.15) is 85.9 Å². The Labute approximate surface area is 496 Å². The van der Waals surface area contributed by atoms with E-state index in [9.17, 15) is 14.4 Å². The minimum absolute atomic E-state index is 0.0623. The lowest BCUT2D eigenvalue weighted by Crippen LogP contribution is -2.27. The molecule has 0 aliphatic carbocycles. The number of ether oxygens (including phenoxy) is 2. The smallest absolute Gasteiger partial charge is 0.435 e. The highest BCUT2D eigenvalue weighted by Crippen LogP contribution is 2.29. The third kappa shape index (κ3) is 20.7. The number of rotatable bonds is 10. The van der Waals surface area contributed by atoms with Crippen molar-refractivity contribution in [2.45, 2.75) is 73.0 Å². The summed E-state index contributed by atoms with van der Waals surface area (Å²) in [6.45, 7) is 17.8. The van der Waals surface area contributed by atoms with E-state index in [0.29, 0.717) is 27.9 Å². The first-order chi connectivity index (χ1) is 38.8. The number of anilines is 4. The lowest BCUT2D eigenvalue weighted by Gasteiger charge is -2.19. The molecule has 2 aliphatic rings. The van der Waals surface area contributed by atoms with Gasteiger partial charge in [-0.05, 0) is 161 Å². The maximum atomic E-state index is 12.2. The lowest BCUT2D eigenvalue weighted by molar-refractivity contribution is 0.0522. The molecule has 1 fully saturated rings. The van der Waals surface area contributed by atoms with Crippen molar-refractivity contribution in [1.82, 2.24) is 40.0 Å². The maximum Gasteiger partial charge on any atom is 0.435 e. The Morgan fingerprint density at radius 2 is 1.57 bits per heavy atom. The van der Waals surface area contributed by atoms with Gasteiger partial charge in [0, 0.05) is 79.5 Å². The number of benzene rings is 4. The van der Waals surface area contributed by atoms with Crippen LogP contribution in [0.15, 0.2) is 142 Å². The molecule has 1 unspecified atom stereocenters. The second kappa shape index (κ2) is 31.1. The summed E-state index contributed by atoms with van der Waals surface area (Å²) in [5, 5.41) is 25.4. The molecule has 1 saturated heterocycles. The van der Waals surface area contributed by atoms with Gasteiger partial charge in [0.25, 0.3) is 0 Å². The van der Waals surface area contributed by atoms with Crippen molar-refractivity contribution in [3.8, 4) is 0 Å². The highest BCUT2D eigenvalue weighted by atomic mass is 79.9. The molecular formula is C59H65Br2ClN12O6S. The molecule has 4 aromatic carbocycles. The first-order valence-electron chi connectivity index (χ1n) is 25.9. The molecule has 22 heteroatoms. The fraction of sp³-hybridized carbons (Fsp3) is 0.271.